The molecule has 0 fully saturated rings. The number of esters is 1. The van der Waals surface area contributed by atoms with Gasteiger partial charge >= 0.3 is 5.97 Å². The van der Waals surface area contributed by atoms with E-state index in [2.05, 4.69) is 55.6 Å². The van der Waals surface area contributed by atoms with E-state index in [0.717, 1.165) is 51.4 Å². The zero-order chi connectivity index (χ0) is 60.6. The smallest absolute Gasteiger partial charge is 0.305 e. The van der Waals surface area contributed by atoms with E-state index >= 15 is 0 Å². The number of unbranched alkanes of at least 4 members (excludes halogenated alkanes) is 55. The van der Waals surface area contributed by atoms with Crippen LogP contribution in [0.25, 0.3) is 0 Å². The molecule has 0 heterocycles. The molecule has 1 amide bonds. The van der Waals surface area contributed by atoms with E-state index in [1.165, 1.54) is 340 Å². The van der Waals surface area contributed by atoms with Crippen molar-refractivity contribution in [1.82, 2.24) is 5.32 Å². The molecule has 0 saturated heterocycles. The van der Waals surface area contributed by atoms with Gasteiger partial charge in [-0.2, -0.15) is 0 Å². The van der Waals surface area contributed by atoms with E-state index < -0.39 is 12.1 Å². The van der Waals surface area contributed by atoms with E-state index in [9.17, 15) is 19.8 Å². The molecule has 6 heteroatoms. The summed E-state index contributed by atoms with van der Waals surface area (Å²) in [7, 11) is 0. The number of carbonyl (C=O) groups is 2. The number of rotatable bonds is 72. The third-order valence-corrected chi connectivity index (χ3v) is 17.9. The summed E-state index contributed by atoms with van der Waals surface area (Å²) >= 11 is 0. The van der Waals surface area contributed by atoms with Crippen LogP contribution in [-0.4, -0.2) is 47.4 Å². The first-order valence-electron chi connectivity index (χ1n) is 38.2. The second kappa shape index (κ2) is 73.5. The Morgan fingerprint density at radius 3 is 0.964 bits per heavy atom. The van der Waals surface area contributed by atoms with Gasteiger partial charge in [0.1, 0.15) is 0 Å². The number of carbonyl (C=O) groups excluding carboxylic acids is 2. The van der Waals surface area contributed by atoms with Crippen LogP contribution in [0.5, 0.6) is 0 Å². The number of aliphatic hydroxyl groups excluding tert-OH is 2. The normalized spacial score (nSPS) is 12.7. The lowest BCUT2D eigenvalue weighted by atomic mass is 10.0. The molecule has 2 atom stereocenters. The van der Waals surface area contributed by atoms with Gasteiger partial charge in [0.2, 0.25) is 5.91 Å². The standard InChI is InChI=1S/C78H149NO5/c1-3-5-7-9-11-13-15-17-18-19-20-21-34-37-40-43-47-50-54-58-62-66-70-76(81)75(74-80)79-77(82)71-67-63-59-55-51-48-44-41-38-35-32-30-28-26-24-22-23-25-27-29-31-33-36-39-42-45-49-53-57-61-65-69-73-84-78(83)72-68-64-60-56-52-46-16-14-12-10-8-6-4-2/h8,10,14,16,25,27,75-76,80-81H,3-7,9,11-13,15,17-24,26,28-74H2,1-2H3,(H,79,82)/b10-8-,16-14-,27-25-. The van der Waals surface area contributed by atoms with Gasteiger partial charge in [0.25, 0.3) is 0 Å². The van der Waals surface area contributed by atoms with Crippen molar-refractivity contribution >= 4 is 11.9 Å². The van der Waals surface area contributed by atoms with Gasteiger partial charge in [0, 0.05) is 12.8 Å². The number of ether oxygens (including phenoxy) is 1. The maximum Gasteiger partial charge on any atom is 0.305 e. The molecule has 6 nitrogen and oxygen atoms in total. The van der Waals surface area contributed by atoms with E-state index in [1.807, 2.05) is 0 Å². The molecule has 0 rings (SSSR count). The van der Waals surface area contributed by atoms with Gasteiger partial charge < -0.3 is 20.3 Å². The lowest BCUT2D eigenvalue weighted by Crippen LogP contribution is -2.45. The summed E-state index contributed by atoms with van der Waals surface area (Å²) in [5.41, 5.74) is 0. The highest BCUT2D eigenvalue weighted by atomic mass is 16.5. The summed E-state index contributed by atoms with van der Waals surface area (Å²) in [6.07, 6.45) is 95.1. The van der Waals surface area contributed by atoms with Gasteiger partial charge in [0.05, 0.1) is 25.4 Å². The lowest BCUT2D eigenvalue weighted by Gasteiger charge is -2.22. The second-order valence-corrected chi connectivity index (χ2v) is 26.3. The molecule has 0 aliphatic carbocycles. The van der Waals surface area contributed by atoms with Gasteiger partial charge in [-0.15, -0.1) is 0 Å². The Morgan fingerprint density at radius 1 is 0.333 bits per heavy atom. The molecular formula is C78H149NO5. The van der Waals surface area contributed by atoms with E-state index in [0.29, 0.717) is 25.9 Å². The number of amides is 1. The van der Waals surface area contributed by atoms with Crippen molar-refractivity contribution in [2.24, 2.45) is 0 Å². The molecule has 84 heavy (non-hydrogen) atoms. The third kappa shape index (κ3) is 69.2. The molecule has 0 aromatic rings. The first-order chi connectivity index (χ1) is 41.5. The number of allylic oxidation sites excluding steroid dienone is 6. The van der Waals surface area contributed by atoms with E-state index in [4.69, 9.17) is 4.74 Å². The van der Waals surface area contributed by atoms with Crippen LogP contribution in [0, 0.1) is 0 Å². The summed E-state index contributed by atoms with van der Waals surface area (Å²) < 4.78 is 5.48. The Kier molecular flexibility index (Phi) is 71.9. The zero-order valence-corrected chi connectivity index (χ0v) is 56.9. The van der Waals surface area contributed by atoms with Crippen LogP contribution in [-0.2, 0) is 14.3 Å². The summed E-state index contributed by atoms with van der Waals surface area (Å²) in [4.78, 5) is 24.6. The average Bonchev–Trinajstić information content (AvgIpc) is 3.51. The van der Waals surface area contributed by atoms with Crippen LogP contribution < -0.4 is 5.32 Å². The van der Waals surface area contributed by atoms with Gasteiger partial charge in [-0.1, -0.05) is 371 Å². The molecule has 0 radical (unpaired) electrons. The third-order valence-electron chi connectivity index (χ3n) is 17.9. The van der Waals surface area contributed by atoms with Crippen LogP contribution in [0.2, 0.25) is 0 Å². The summed E-state index contributed by atoms with van der Waals surface area (Å²) in [5, 5.41) is 23.5. The lowest BCUT2D eigenvalue weighted by molar-refractivity contribution is -0.143. The molecule has 0 spiro atoms. The maximum absolute atomic E-state index is 12.6. The SMILES string of the molecule is CCC/C=C\C/C=C\CCCCCCCC(=O)OCCCCCCCCCCCCCC/C=C\CCCCCCCCCCCCCCCCCCC(=O)NC(CO)C(O)CCCCCCCCCCCCCCCCCCCCCCCC. The zero-order valence-electron chi connectivity index (χ0n) is 56.9. The minimum Gasteiger partial charge on any atom is -0.466 e. The van der Waals surface area contributed by atoms with Crippen molar-refractivity contribution in [1.29, 1.82) is 0 Å². The number of hydrogen-bond donors (Lipinski definition) is 3. The molecule has 3 N–H and O–H groups in total. The molecule has 0 bridgehead atoms. The maximum atomic E-state index is 12.6. The van der Waals surface area contributed by atoms with Crippen LogP contribution in [0.3, 0.4) is 0 Å². The van der Waals surface area contributed by atoms with Gasteiger partial charge in [-0.3, -0.25) is 9.59 Å². The predicted molar refractivity (Wildman–Crippen MR) is 370 cm³/mol. The van der Waals surface area contributed by atoms with Crippen LogP contribution in [0.4, 0.5) is 0 Å². The fourth-order valence-electron chi connectivity index (χ4n) is 12.1. The van der Waals surface area contributed by atoms with Crippen molar-refractivity contribution in [2.75, 3.05) is 13.2 Å². The summed E-state index contributed by atoms with van der Waals surface area (Å²) in [6.45, 7) is 4.93. The van der Waals surface area contributed by atoms with E-state index in [1.54, 1.807) is 0 Å². The highest BCUT2D eigenvalue weighted by Crippen LogP contribution is 2.19. The monoisotopic (exact) mass is 1180 g/mol. The van der Waals surface area contributed by atoms with Gasteiger partial charge in [-0.05, 0) is 77.0 Å². The molecule has 0 aliphatic rings. The topological polar surface area (TPSA) is 95.9 Å². The molecule has 0 aromatic carbocycles. The number of aliphatic hydroxyl groups is 2. The quantitative estimate of drug-likeness (QED) is 0.0320. The van der Waals surface area contributed by atoms with Crippen LogP contribution >= 0.6 is 0 Å². The minimum atomic E-state index is -0.664. The second-order valence-electron chi connectivity index (χ2n) is 26.3. The first-order valence-corrected chi connectivity index (χ1v) is 38.2. The molecule has 0 aliphatic heterocycles. The Labute approximate surface area is 525 Å². The van der Waals surface area contributed by atoms with Crippen molar-refractivity contribution in [2.45, 2.75) is 437 Å². The van der Waals surface area contributed by atoms with Crippen molar-refractivity contribution in [3.63, 3.8) is 0 Å². The van der Waals surface area contributed by atoms with Gasteiger partial charge in [-0.25, -0.2) is 0 Å². The number of nitrogens with one attached hydrogen (secondary N) is 1. The highest BCUT2D eigenvalue weighted by molar-refractivity contribution is 5.76. The highest BCUT2D eigenvalue weighted by Gasteiger charge is 2.20. The van der Waals surface area contributed by atoms with Crippen molar-refractivity contribution in [3.8, 4) is 0 Å². The van der Waals surface area contributed by atoms with Crippen molar-refractivity contribution in [3.05, 3.63) is 36.5 Å². The fraction of sp³-hybridized carbons (Fsp3) is 0.897. The molecule has 0 saturated carbocycles. The summed E-state index contributed by atoms with van der Waals surface area (Å²) in [5.74, 6) is -0.0242. The Morgan fingerprint density at radius 2 is 0.619 bits per heavy atom. The largest absolute Gasteiger partial charge is 0.466 e. The van der Waals surface area contributed by atoms with Crippen LogP contribution in [0.1, 0.15) is 425 Å². The fourth-order valence-corrected chi connectivity index (χ4v) is 12.1. The Bertz CT molecular complexity index is 1360. The average molecular weight is 1180 g/mol. The van der Waals surface area contributed by atoms with Crippen LogP contribution in [0.15, 0.2) is 36.5 Å². The Balaban J connectivity index is 3.36. The predicted octanol–water partition coefficient (Wildman–Crippen LogP) is 25.0. The molecule has 496 valence electrons. The Hall–Kier alpha value is -1.92. The summed E-state index contributed by atoms with van der Waals surface area (Å²) in [6, 6.07) is -0.541. The molecular weight excluding hydrogens is 1030 g/mol. The molecule has 0 aromatic heterocycles. The number of hydrogen-bond acceptors (Lipinski definition) is 5. The minimum absolute atomic E-state index is 0.00333. The van der Waals surface area contributed by atoms with E-state index in [-0.39, 0.29) is 18.5 Å². The first kappa shape index (κ1) is 82.1. The van der Waals surface area contributed by atoms with Gasteiger partial charge in [0.15, 0.2) is 0 Å². The molecule has 2 unspecified atom stereocenters. The van der Waals surface area contributed by atoms with Crippen molar-refractivity contribution < 1.29 is 24.5 Å².